The van der Waals surface area contributed by atoms with Crippen molar-refractivity contribution in [3.8, 4) is 17.6 Å². The molecule has 0 aromatic heterocycles. The van der Waals surface area contributed by atoms with E-state index < -0.39 is 17.0 Å². The maximum atomic E-state index is 11.1. The highest BCUT2D eigenvalue weighted by Crippen LogP contribution is 2.17. The molecule has 6 heteroatoms. The van der Waals surface area contributed by atoms with Gasteiger partial charge in [0.15, 0.2) is 0 Å². The van der Waals surface area contributed by atoms with E-state index in [1.165, 1.54) is 31.2 Å². The van der Waals surface area contributed by atoms with E-state index >= 15 is 0 Å². The third-order valence-corrected chi connectivity index (χ3v) is 1.64. The predicted molar refractivity (Wildman–Crippen MR) is 58.2 cm³/mol. The van der Waals surface area contributed by atoms with E-state index in [0.29, 0.717) is 0 Å². The van der Waals surface area contributed by atoms with Gasteiger partial charge in [0.2, 0.25) is 0 Å². The molecule has 0 aliphatic carbocycles. The summed E-state index contributed by atoms with van der Waals surface area (Å²) in [5, 5.41) is 19.2. The number of nitrogens with zero attached hydrogens (tertiary/aromatic N) is 1. The minimum absolute atomic E-state index is 0.0973. The van der Waals surface area contributed by atoms with Crippen LogP contribution in [0.2, 0.25) is 0 Å². The number of aliphatic hydroxyl groups is 1. The van der Waals surface area contributed by atoms with Gasteiger partial charge in [-0.25, -0.2) is 4.79 Å². The largest absolute Gasteiger partial charge is 0.417 e. The number of hydrogen-bond acceptors (Lipinski definition) is 5. The molecule has 1 aromatic carbocycles. The lowest BCUT2D eigenvalue weighted by Crippen LogP contribution is -2.06. The summed E-state index contributed by atoms with van der Waals surface area (Å²) in [6, 6.07) is 5.01. The summed E-state index contributed by atoms with van der Waals surface area (Å²) in [5.41, 5.74) is -0.0973. The van der Waals surface area contributed by atoms with Gasteiger partial charge >= 0.3 is 5.97 Å². The highest BCUT2D eigenvalue weighted by atomic mass is 16.6. The van der Waals surface area contributed by atoms with E-state index in [0.717, 1.165) is 0 Å². The van der Waals surface area contributed by atoms with Gasteiger partial charge in [-0.15, -0.1) is 0 Å². The van der Waals surface area contributed by atoms with Crippen molar-refractivity contribution >= 4 is 11.7 Å². The molecule has 1 N–H and O–H groups in total. The first-order valence-corrected chi connectivity index (χ1v) is 4.65. The van der Waals surface area contributed by atoms with Gasteiger partial charge in [-0.3, -0.25) is 10.1 Å². The van der Waals surface area contributed by atoms with Crippen LogP contribution in [0.15, 0.2) is 24.3 Å². The van der Waals surface area contributed by atoms with Crippen molar-refractivity contribution in [3.05, 3.63) is 34.4 Å². The van der Waals surface area contributed by atoms with Crippen molar-refractivity contribution in [1.29, 1.82) is 0 Å². The van der Waals surface area contributed by atoms with Gasteiger partial charge in [-0.2, -0.15) is 0 Å². The average molecular weight is 235 g/mol. The standard InChI is InChI=1S/C11H9NO5/c1-8(13)2-7-11(14)17-10-5-3-9(4-6-10)12(15)16/h3-6,8,13H,1H3. The number of nitro groups is 1. The molecule has 1 rings (SSSR count). The van der Waals surface area contributed by atoms with Crippen molar-refractivity contribution < 1.29 is 19.6 Å². The topological polar surface area (TPSA) is 89.7 Å². The molecule has 1 atom stereocenters. The van der Waals surface area contributed by atoms with Gasteiger partial charge in [-0.1, -0.05) is 5.92 Å². The SMILES string of the molecule is CC(O)C#CC(=O)Oc1ccc([N+](=O)[O-])cc1. The molecule has 0 saturated carbocycles. The minimum atomic E-state index is -0.917. The molecule has 0 spiro atoms. The normalized spacial score (nSPS) is 10.9. The summed E-state index contributed by atoms with van der Waals surface area (Å²) in [6.45, 7) is 1.41. The van der Waals surface area contributed by atoms with Crippen LogP contribution >= 0.6 is 0 Å². The second kappa shape index (κ2) is 5.63. The molecule has 0 heterocycles. The van der Waals surface area contributed by atoms with Crippen LogP contribution in [-0.4, -0.2) is 22.1 Å². The zero-order valence-corrected chi connectivity index (χ0v) is 8.91. The number of benzene rings is 1. The smallest absolute Gasteiger partial charge is 0.389 e. The van der Waals surface area contributed by atoms with E-state index in [1.807, 2.05) is 0 Å². The van der Waals surface area contributed by atoms with Crippen LogP contribution in [0.5, 0.6) is 5.75 Å². The Morgan fingerprint density at radius 1 is 1.47 bits per heavy atom. The molecule has 0 saturated heterocycles. The Morgan fingerprint density at radius 2 is 2.06 bits per heavy atom. The van der Waals surface area contributed by atoms with Crippen LogP contribution < -0.4 is 4.74 Å². The van der Waals surface area contributed by atoms with E-state index in [4.69, 9.17) is 9.84 Å². The number of rotatable bonds is 2. The molecular weight excluding hydrogens is 226 g/mol. The highest BCUT2D eigenvalue weighted by Gasteiger charge is 2.06. The van der Waals surface area contributed by atoms with Gasteiger partial charge in [0.1, 0.15) is 11.9 Å². The summed E-state index contributed by atoms with van der Waals surface area (Å²) in [6.07, 6.45) is -0.917. The van der Waals surface area contributed by atoms with Crippen LogP contribution in [-0.2, 0) is 4.79 Å². The Kier molecular flexibility index (Phi) is 4.20. The molecule has 0 radical (unpaired) electrons. The number of carbonyl (C=O) groups is 1. The Bertz CT molecular complexity index is 481. The first-order valence-electron chi connectivity index (χ1n) is 4.65. The van der Waals surface area contributed by atoms with E-state index in [1.54, 1.807) is 0 Å². The number of hydrogen-bond donors (Lipinski definition) is 1. The zero-order valence-electron chi connectivity index (χ0n) is 8.91. The van der Waals surface area contributed by atoms with Crippen LogP contribution in [0.4, 0.5) is 5.69 Å². The maximum absolute atomic E-state index is 11.1. The summed E-state index contributed by atoms with van der Waals surface area (Å²) in [5.74, 6) is 3.61. The van der Waals surface area contributed by atoms with Crippen LogP contribution in [0.3, 0.4) is 0 Å². The van der Waals surface area contributed by atoms with E-state index in [2.05, 4.69) is 11.8 Å². The molecule has 0 fully saturated rings. The predicted octanol–water partition coefficient (Wildman–Crippen LogP) is 0.884. The third-order valence-electron chi connectivity index (χ3n) is 1.64. The first-order chi connectivity index (χ1) is 7.99. The summed E-state index contributed by atoms with van der Waals surface area (Å²) in [7, 11) is 0. The number of ether oxygens (including phenoxy) is 1. The molecule has 6 nitrogen and oxygen atoms in total. The Balaban J connectivity index is 2.68. The lowest BCUT2D eigenvalue weighted by molar-refractivity contribution is -0.384. The lowest BCUT2D eigenvalue weighted by atomic mass is 10.3. The van der Waals surface area contributed by atoms with Gasteiger partial charge in [-0.05, 0) is 19.1 Å². The van der Waals surface area contributed by atoms with Crippen LogP contribution in [0.25, 0.3) is 0 Å². The molecule has 1 aromatic rings. The fourth-order valence-electron chi connectivity index (χ4n) is 0.932. The average Bonchev–Trinajstić information content (AvgIpc) is 2.27. The second-order valence-corrected chi connectivity index (χ2v) is 3.09. The van der Waals surface area contributed by atoms with Crippen molar-refractivity contribution in [2.24, 2.45) is 0 Å². The number of carbonyl (C=O) groups excluding carboxylic acids is 1. The first kappa shape index (κ1) is 12.7. The number of aliphatic hydroxyl groups excluding tert-OH is 1. The molecule has 0 aliphatic heterocycles. The van der Waals surface area contributed by atoms with Crippen molar-refractivity contribution in [3.63, 3.8) is 0 Å². The number of esters is 1. The lowest BCUT2D eigenvalue weighted by Gasteiger charge is -1.98. The third kappa shape index (κ3) is 4.32. The maximum Gasteiger partial charge on any atom is 0.389 e. The molecule has 0 aliphatic rings. The summed E-state index contributed by atoms with van der Waals surface area (Å²) >= 11 is 0. The molecule has 0 amide bonds. The molecule has 1 unspecified atom stereocenters. The van der Waals surface area contributed by atoms with Crippen molar-refractivity contribution in [1.82, 2.24) is 0 Å². The quantitative estimate of drug-likeness (QED) is 0.205. The highest BCUT2D eigenvalue weighted by molar-refractivity contribution is 5.90. The minimum Gasteiger partial charge on any atom is -0.417 e. The van der Waals surface area contributed by atoms with Gasteiger partial charge in [0.05, 0.1) is 4.92 Å². The Labute approximate surface area is 97.0 Å². The fourth-order valence-corrected chi connectivity index (χ4v) is 0.932. The van der Waals surface area contributed by atoms with Gasteiger partial charge in [0, 0.05) is 18.1 Å². The van der Waals surface area contributed by atoms with Gasteiger partial charge < -0.3 is 9.84 Å². The Morgan fingerprint density at radius 3 is 2.53 bits per heavy atom. The van der Waals surface area contributed by atoms with Crippen molar-refractivity contribution in [2.75, 3.05) is 0 Å². The molecular formula is C11H9NO5. The second-order valence-electron chi connectivity index (χ2n) is 3.09. The number of nitro benzene ring substituents is 1. The summed E-state index contributed by atoms with van der Waals surface area (Å²) in [4.78, 5) is 20.9. The van der Waals surface area contributed by atoms with Crippen LogP contribution in [0.1, 0.15) is 6.92 Å². The van der Waals surface area contributed by atoms with Crippen molar-refractivity contribution in [2.45, 2.75) is 13.0 Å². The zero-order chi connectivity index (χ0) is 12.8. The van der Waals surface area contributed by atoms with Crippen LogP contribution in [0, 0.1) is 22.0 Å². The Hall–Kier alpha value is -2.39. The monoisotopic (exact) mass is 235 g/mol. The molecule has 17 heavy (non-hydrogen) atoms. The summed E-state index contributed by atoms with van der Waals surface area (Å²) < 4.78 is 4.75. The van der Waals surface area contributed by atoms with E-state index in [-0.39, 0.29) is 11.4 Å². The van der Waals surface area contributed by atoms with Gasteiger partial charge in [0.25, 0.3) is 5.69 Å². The molecule has 0 bridgehead atoms. The van der Waals surface area contributed by atoms with E-state index in [9.17, 15) is 14.9 Å². The molecule has 88 valence electrons. The number of non-ortho nitro benzene ring substituents is 1. The fraction of sp³-hybridized carbons (Fsp3) is 0.182.